The molecule has 0 fully saturated rings. The minimum atomic E-state index is -3.67. The minimum absolute atomic E-state index is 0.205. The molecule has 27 heavy (non-hydrogen) atoms. The van der Waals surface area contributed by atoms with Gasteiger partial charge in [0.1, 0.15) is 11.5 Å². The Bertz CT molecular complexity index is 919. The van der Waals surface area contributed by atoms with Crippen LogP contribution in [0.4, 0.5) is 4.39 Å². The molecule has 0 aliphatic heterocycles. The maximum absolute atomic E-state index is 13.5. The van der Waals surface area contributed by atoms with Gasteiger partial charge >= 0.3 is 7.60 Å². The van der Waals surface area contributed by atoms with Crippen LogP contribution in [-0.2, 0) is 20.2 Å². The van der Waals surface area contributed by atoms with Crippen molar-refractivity contribution in [3.05, 3.63) is 66.0 Å². The third-order valence-electron chi connectivity index (χ3n) is 3.86. The number of halogens is 1. The van der Waals surface area contributed by atoms with E-state index in [-0.39, 0.29) is 24.5 Å². The number of rotatable bonds is 8. The lowest BCUT2D eigenvalue weighted by Gasteiger charge is -2.19. The van der Waals surface area contributed by atoms with E-state index in [0.717, 1.165) is 5.56 Å². The molecule has 3 aromatic rings. The van der Waals surface area contributed by atoms with Gasteiger partial charge in [0.2, 0.25) is 0 Å². The van der Waals surface area contributed by atoms with E-state index in [1.807, 2.05) is 30.3 Å². The first-order valence-corrected chi connectivity index (χ1v) is 10.2. The molecule has 1 aromatic heterocycles. The van der Waals surface area contributed by atoms with Crippen LogP contribution < -0.4 is 5.44 Å². The van der Waals surface area contributed by atoms with Crippen LogP contribution in [0.15, 0.2) is 54.6 Å². The number of aromatic nitrogens is 3. The SMILES string of the molecule is CCOP(=O)(OCC)c1c(-c2ccc(F)cc2)nnn1Cc1ccccc1. The van der Waals surface area contributed by atoms with Crippen LogP contribution in [0.3, 0.4) is 0 Å². The van der Waals surface area contributed by atoms with Crippen molar-refractivity contribution in [3.8, 4) is 11.3 Å². The average molecular weight is 389 g/mol. The summed E-state index contributed by atoms with van der Waals surface area (Å²) < 4.78 is 39.5. The molecule has 0 unspecified atom stereocenters. The second kappa shape index (κ2) is 8.57. The van der Waals surface area contributed by atoms with Gasteiger partial charge in [-0.05, 0) is 43.7 Å². The highest BCUT2D eigenvalue weighted by Gasteiger charge is 2.36. The predicted molar refractivity (Wildman–Crippen MR) is 101 cm³/mol. The maximum Gasteiger partial charge on any atom is 0.381 e. The van der Waals surface area contributed by atoms with Crippen LogP contribution in [0.2, 0.25) is 0 Å². The summed E-state index contributed by atoms with van der Waals surface area (Å²) in [6.45, 7) is 4.25. The second-order valence-electron chi connectivity index (χ2n) is 5.74. The van der Waals surface area contributed by atoms with Gasteiger partial charge < -0.3 is 9.05 Å². The van der Waals surface area contributed by atoms with Crippen LogP contribution in [0.1, 0.15) is 19.4 Å². The Morgan fingerprint density at radius 2 is 1.63 bits per heavy atom. The summed E-state index contributed by atoms with van der Waals surface area (Å²) in [5, 5.41) is 8.38. The van der Waals surface area contributed by atoms with Gasteiger partial charge in [0.25, 0.3) is 0 Å². The zero-order valence-electron chi connectivity index (χ0n) is 15.2. The fourth-order valence-electron chi connectivity index (χ4n) is 2.74. The quantitative estimate of drug-likeness (QED) is 0.545. The minimum Gasteiger partial charge on any atom is -0.304 e. The van der Waals surface area contributed by atoms with Crippen LogP contribution in [0, 0.1) is 5.82 Å². The maximum atomic E-state index is 13.5. The summed E-state index contributed by atoms with van der Waals surface area (Å²) in [5.41, 5.74) is 2.18. The topological polar surface area (TPSA) is 66.2 Å². The summed E-state index contributed by atoms with van der Waals surface area (Å²) >= 11 is 0. The lowest BCUT2D eigenvalue weighted by Crippen LogP contribution is -2.23. The Balaban J connectivity index is 2.13. The Labute approximate surface area is 157 Å². The summed E-state index contributed by atoms with van der Waals surface area (Å²) in [6, 6.07) is 15.4. The molecule has 0 N–H and O–H groups in total. The fraction of sp³-hybridized carbons (Fsp3) is 0.263. The molecule has 2 aromatic carbocycles. The summed E-state index contributed by atoms with van der Waals surface area (Å²) in [5.74, 6) is -0.366. The van der Waals surface area contributed by atoms with Gasteiger partial charge in [0.15, 0.2) is 5.44 Å². The van der Waals surface area contributed by atoms with Crippen molar-refractivity contribution in [3.63, 3.8) is 0 Å². The Morgan fingerprint density at radius 3 is 2.22 bits per heavy atom. The number of benzene rings is 2. The zero-order chi connectivity index (χ0) is 19.3. The lowest BCUT2D eigenvalue weighted by molar-refractivity contribution is 0.228. The molecule has 8 heteroatoms. The molecule has 0 saturated heterocycles. The summed E-state index contributed by atoms with van der Waals surface area (Å²) in [6.07, 6.45) is 0. The zero-order valence-corrected chi connectivity index (χ0v) is 16.1. The standard InChI is InChI=1S/C19H21FN3O3P/c1-3-25-27(24,26-4-2)19-18(16-10-12-17(20)13-11-16)21-22-23(19)14-15-8-6-5-7-9-15/h5-13H,3-4,14H2,1-2H3. The monoisotopic (exact) mass is 389 g/mol. The largest absolute Gasteiger partial charge is 0.381 e. The molecule has 6 nitrogen and oxygen atoms in total. The molecule has 0 radical (unpaired) electrons. The van der Waals surface area contributed by atoms with Crippen LogP contribution in [-0.4, -0.2) is 28.2 Å². The molecule has 0 saturated carbocycles. The number of hydrogen-bond acceptors (Lipinski definition) is 5. The van der Waals surface area contributed by atoms with Crippen molar-refractivity contribution >= 4 is 13.0 Å². The van der Waals surface area contributed by atoms with E-state index >= 15 is 0 Å². The molecule has 142 valence electrons. The normalized spacial score (nSPS) is 11.7. The lowest BCUT2D eigenvalue weighted by atomic mass is 10.2. The molecule has 0 aliphatic carbocycles. The van der Waals surface area contributed by atoms with E-state index in [9.17, 15) is 8.96 Å². The van der Waals surface area contributed by atoms with Gasteiger partial charge in [-0.1, -0.05) is 35.5 Å². The molecule has 0 spiro atoms. The molecular weight excluding hydrogens is 368 g/mol. The first kappa shape index (κ1) is 19.4. The predicted octanol–water partition coefficient (Wildman–Crippen LogP) is 4.02. The number of nitrogens with zero attached hydrogens (tertiary/aromatic N) is 3. The molecule has 0 bridgehead atoms. The Kier molecular flexibility index (Phi) is 6.16. The van der Waals surface area contributed by atoms with E-state index in [1.165, 1.54) is 16.8 Å². The van der Waals surface area contributed by atoms with E-state index in [4.69, 9.17) is 9.05 Å². The van der Waals surface area contributed by atoms with E-state index < -0.39 is 7.60 Å². The van der Waals surface area contributed by atoms with Crippen molar-refractivity contribution in [2.75, 3.05) is 13.2 Å². The Hall–Kier alpha value is -2.34. The molecule has 1 heterocycles. The van der Waals surface area contributed by atoms with Crippen LogP contribution in [0.5, 0.6) is 0 Å². The number of hydrogen-bond donors (Lipinski definition) is 0. The molecular formula is C19H21FN3O3P. The molecule has 3 rings (SSSR count). The van der Waals surface area contributed by atoms with Crippen molar-refractivity contribution in [2.24, 2.45) is 0 Å². The average Bonchev–Trinajstić information content (AvgIpc) is 3.08. The van der Waals surface area contributed by atoms with Crippen molar-refractivity contribution in [1.29, 1.82) is 0 Å². The van der Waals surface area contributed by atoms with Crippen molar-refractivity contribution < 1.29 is 18.0 Å². The van der Waals surface area contributed by atoms with Crippen molar-refractivity contribution in [2.45, 2.75) is 20.4 Å². The molecule has 0 amide bonds. The highest BCUT2D eigenvalue weighted by atomic mass is 31.2. The highest BCUT2D eigenvalue weighted by molar-refractivity contribution is 7.62. The van der Waals surface area contributed by atoms with Crippen LogP contribution in [0.25, 0.3) is 11.3 Å². The summed E-state index contributed by atoms with van der Waals surface area (Å²) in [7, 11) is -3.67. The molecule has 0 atom stereocenters. The first-order valence-electron chi connectivity index (χ1n) is 8.70. The fourth-order valence-corrected chi connectivity index (χ4v) is 4.56. The van der Waals surface area contributed by atoms with Gasteiger partial charge in [-0.25, -0.2) is 9.07 Å². The first-order chi connectivity index (χ1) is 13.1. The van der Waals surface area contributed by atoms with Gasteiger partial charge in [0.05, 0.1) is 19.8 Å². The van der Waals surface area contributed by atoms with Gasteiger partial charge in [-0.2, -0.15) is 0 Å². The van der Waals surface area contributed by atoms with Gasteiger partial charge in [-0.15, -0.1) is 5.10 Å². The van der Waals surface area contributed by atoms with E-state index in [0.29, 0.717) is 17.8 Å². The third kappa shape index (κ3) is 4.33. The smallest absolute Gasteiger partial charge is 0.304 e. The summed E-state index contributed by atoms with van der Waals surface area (Å²) in [4.78, 5) is 0. The van der Waals surface area contributed by atoms with Crippen LogP contribution >= 0.6 is 7.60 Å². The van der Waals surface area contributed by atoms with E-state index in [2.05, 4.69) is 10.3 Å². The van der Waals surface area contributed by atoms with Crippen molar-refractivity contribution in [1.82, 2.24) is 15.0 Å². The highest BCUT2D eigenvalue weighted by Crippen LogP contribution is 2.48. The second-order valence-corrected chi connectivity index (χ2v) is 7.68. The Morgan fingerprint density at radius 1 is 1.00 bits per heavy atom. The van der Waals surface area contributed by atoms with Gasteiger partial charge in [-0.3, -0.25) is 4.57 Å². The van der Waals surface area contributed by atoms with Gasteiger partial charge in [0, 0.05) is 5.56 Å². The third-order valence-corrected chi connectivity index (χ3v) is 6.02. The van der Waals surface area contributed by atoms with E-state index in [1.54, 1.807) is 26.0 Å². The molecule has 0 aliphatic rings.